The maximum atomic E-state index is 12.2. The third-order valence-corrected chi connectivity index (χ3v) is 4.30. The van der Waals surface area contributed by atoms with Crippen LogP contribution in [0.4, 0.5) is 5.69 Å². The van der Waals surface area contributed by atoms with Crippen molar-refractivity contribution in [1.29, 1.82) is 0 Å². The molecule has 3 rings (SSSR count). The average molecular weight is 387 g/mol. The van der Waals surface area contributed by atoms with Gasteiger partial charge in [-0.15, -0.1) is 0 Å². The van der Waals surface area contributed by atoms with E-state index in [2.05, 4.69) is 10.6 Å². The molecule has 0 saturated carbocycles. The molecule has 0 fully saturated rings. The number of halogens is 1. The molecule has 0 aliphatic carbocycles. The Bertz CT molecular complexity index is 924. The summed E-state index contributed by atoms with van der Waals surface area (Å²) in [5.74, 6) is 0.619. The number of carbonyl (C=O) groups is 2. The molecule has 7 heteroatoms. The number of hydrogen-bond donors (Lipinski definition) is 2. The molecule has 0 bridgehead atoms. The van der Waals surface area contributed by atoms with Gasteiger partial charge in [0, 0.05) is 24.4 Å². The van der Waals surface area contributed by atoms with Gasteiger partial charge in [0.05, 0.1) is 5.02 Å². The van der Waals surface area contributed by atoms with Gasteiger partial charge in [0.15, 0.2) is 11.5 Å². The highest BCUT2D eigenvalue weighted by atomic mass is 35.5. The molecular formula is C20H19ClN2O4. The minimum atomic E-state index is -0.295. The van der Waals surface area contributed by atoms with Crippen LogP contribution in [0.5, 0.6) is 11.5 Å². The van der Waals surface area contributed by atoms with Gasteiger partial charge < -0.3 is 20.1 Å². The van der Waals surface area contributed by atoms with E-state index in [9.17, 15) is 9.59 Å². The Morgan fingerprint density at radius 2 is 1.93 bits per heavy atom. The maximum Gasteiger partial charge on any atom is 0.251 e. The fraction of sp³-hybridized carbons (Fsp3) is 0.200. The maximum absolute atomic E-state index is 12.2. The first-order valence-electron chi connectivity index (χ1n) is 8.39. The van der Waals surface area contributed by atoms with E-state index in [-0.39, 0.29) is 11.8 Å². The van der Waals surface area contributed by atoms with Gasteiger partial charge in [-0.3, -0.25) is 9.59 Å². The van der Waals surface area contributed by atoms with Crippen LogP contribution in [0.1, 0.15) is 21.5 Å². The van der Waals surface area contributed by atoms with Crippen LogP contribution in [0.2, 0.25) is 5.02 Å². The monoisotopic (exact) mass is 386 g/mol. The zero-order valence-corrected chi connectivity index (χ0v) is 15.7. The molecule has 140 valence electrons. The molecular weight excluding hydrogens is 368 g/mol. The summed E-state index contributed by atoms with van der Waals surface area (Å²) in [7, 11) is 1.57. The first-order chi connectivity index (χ1) is 13.0. The van der Waals surface area contributed by atoms with Crippen molar-refractivity contribution in [3.05, 3.63) is 58.1 Å². The van der Waals surface area contributed by atoms with E-state index in [1.807, 2.05) is 6.92 Å². The highest BCUT2D eigenvalue weighted by Gasteiger charge is 2.16. The van der Waals surface area contributed by atoms with Gasteiger partial charge in [0.1, 0.15) is 13.2 Å². The number of ether oxygens (including phenoxy) is 2. The Labute approximate surface area is 162 Å². The summed E-state index contributed by atoms with van der Waals surface area (Å²) in [6, 6.07) is 8.56. The van der Waals surface area contributed by atoms with Crippen LogP contribution in [0.25, 0.3) is 6.08 Å². The smallest absolute Gasteiger partial charge is 0.251 e. The van der Waals surface area contributed by atoms with Gasteiger partial charge in [-0.2, -0.15) is 0 Å². The first kappa shape index (κ1) is 18.8. The Morgan fingerprint density at radius 1 is 1.15 bits per heavy atom. The largest absolute Gasteiger partial charge is 0.486 e. The molecule has 2 N–H and O–H groups in total. The van der Waals surface area contributed by atoms with Crippen LogP contribution >= 0.6 is 11.6 Å². The number of benzene rings is 2. The van der Waals surface area contributed by atoms with Crippen molar-refractivity contribution in [2.75, 3.05) is 25.6 Å². The van der Waals surface area contributed by atoms with Crippen LogP contribution in [0.15, 0.2) is 36.4 Å². The highest BCUT2D eigenvalue weighted by Crippen LogP contribution is 2.38. The Hall–Kier alpha value is -2.99. The molecule has 6 nitrogen and oxygen atoms in total. The minimum absolute atomic E-state index is 0.175. The van der Waals surface area contributed by atoms with Gasteiger partial charge in [0.25, 0.3) is 5.91 Å². The number of rotatable bonds is 4. The number of carbonyl (C=O) groups excluding carboxylic acids is 2. The van der Waals surface area contributed by atoms with Crippen molar-refractivity contribution in [2.24, 2.45) is 0 Å². The van der Waals surface area contributed by atoms with E-state index in [1.165, 1.54) is 6.08 Å². The van der Waals surface area contributed by atoms with Crippen LogP contribution in [0, 0.1) is 6.92 Å². The third-order valence-electron chi connectivity index (χ3n) is 4.02. The number of fused-ring (bicyclic) bond motifs is 1. The lowest BCUT2D eigenvalue weighted by Gasteiger charge is -2.19. The van der Waals surface area contributed by atoms with E-state index < -0.39 is 0 Å². The van der Waals surface area contributed by atoms with E-state index in [0.717, 1.165) is 11.1 Å². The topological polar surface area (TPSA) is 76.7 Å². The lowest BCUT2D eigenvalue weighted by Crippen LogP contribution is -2.18. The molecule has 0 saturated heterocycles. The molecule has 1 heterocycles. The normalized spacial score (nSPS) is 12.7. The van der Waals surface area contributed by atoms with Gasteiger partial charge >= 0.3 is 0 Å². The standard InChI is InChI=1S/C20H19ClN2O4/c1-12-9-14(20(25)22-2)4-5-16(12)23-18(24)6-3-13-10-15(21)19-17(11-13)26-7-8-27-19/h3-6,9-11H,7-8H2,1-2H3,(H,22,25)(H,23,24). The second-order valence-corrected chi connectivity index (χ2v) is 6.37. The lowest BCUT2D eigenvalue weighted by atomic mass is 10.1. The van der Waals surface area contributed by atoms with Crippen LogP contribution in [-0.2, 0) is 4.79 Å². The first-order valence-corrected chi connectivity index (χ1v) is 8.76. The minimum Gasteiger partial charge on any atom is -0.486 e. The second kappa shape index (κ2) is 8.14. The molecule has 0 radical (unpaired) electrons. The Balaban J connectivity index is 1.71. The third kappa shape index (κ3) is 4.41. The number of amides is 2. The molecule has 1 aliphatic rings. The zero-order chi connectivity index (χ0) is 19.4. The molecule has 2 amide bonds. The number of aryl methyl sites for hydroxylation is 1. The van der Waals surface area contributed by atoms with E-state index in [0.29, 0.717) is 41.0 Å². The van der Waals surface area contributed by atoms with E-state index >= 15 is 0 Å². The summed E-state index contributed by atoms with van der Waals surface area (Å²) in [5.41, 5.74) is 2.69. The summed E-state index contributed by atoms with van der Waals surface area (Å²) < 4.78 is 11.0. The van der Waals surface area contributed by atoms with Crippen molar-refractivity contribution in [3.8, 4) is 11.5 Å². The molecule has 0 unspecified atom stereocenters. The lowest BCUT2D eigenvalue weighted by molar-refractivity contribution is -0.111. The summed E-state index contributed by atoms with van der Waals surface area (Å²) in [5, 5.41) is 5.80. The van der Waals surface area contributed by atoms with Crippen molar-refractivity contribution >= 4 is 35.2 Å². The predicted octanol–water partition coefficient (Wildman–Crippen LogP) is 3.43. The summed E-state index contributed by atoms with van der Waals surface area (Å²) >= 11 is 6.19. The fourth-order valence-corrected chi connectivity index (χ4v) is 2.94. The summed E-state index contributed by atoms with van der Waals surface area (Å²) in [6.45, 7) is 2.75. The SMILES string of the molecule is CNC(=O)c1ccc(NC(=O)C=Cc2cc(Cl)c3c(c2)OCCO3)c(C)c1. The van der Waals surface area contributed by atoms with Gasteiger partial charge in [-0.05, 0) is 54.5 Å². The van der Waals surface area contributed by atoms with Gasteiger partial charge in [-0.1, -0.05) is 11.6 Å². The number of hydrogen-bond acceptors (Lipinski definition) is 4. The molecule has 2 aromatic rings. The molecule has 0 atom stereocenters. The predicted molar refractivity (Wildman–Crippen MR) is 105 cm³/mol. The molecule has 0 spiro atoms. The molecule has 2 aromatic carbocycles. The van der Waals surface area contributed by atoms with Crippen molar-refractivity contribution in [1.82, 2.24) is 5.32 Å². The van der Waals surface area contributed by atoms with Crippen LogP contribution in [0.3, 0.4) is 0 Å². The van der Waals surface area contributed by atoms with Gasteiger partial charge in [0.2, 0.25) is 5.91 Å². The number of anilines is 1. The number of nitrogens with one attached hydrogen (secondary N) is 2. The second-order valence-electron chi connectivity index (χ2n) is 5.96. The molecule has 0 aromatic heterocycles. The van der Waals surface area contributed by atoms with Crippen molar-refractivity contribution in [2.45, 2.75) is 6.92 Å². The quantitative estimate of drug-likeness (QED) is 0.789. The van der Waals surface area contributed by atoms with Crippen LogP contribution in [-0.4, -0.2) is 32.1 Å². The zero-order valence-electron chi connectivity index (χ0n) is 15.0. The average Bonchev–Trinajstić information content (AvgIpc) is 2.67. The van der Waals surface area contributed by atoms with Crippen molar-refractivity contribution < 1.29 is 19.1 Å². The van der Waals surface area contributed by atoms with Crippen LogP contribution < -0.4 is 20.1 Å². The molecule has 27 heavy (non-hydrogen) atoms. The summed E-state index contributed by atoms with van der Waals surface area (Å²) in [4.78, 5) is 23.9. The molecule has 1 aliphatic heterocycles. The van der Waals surface area contributed by atoms with Crippen molar-refractivity contribution in [3.63, 3.8) is 0 Å². The highest BCUT2D eigenvalue weighted by molar-refractivity contribution is 6.32. The van der Waals surface area contributed by atoms with E-state index in [4.69, 9.17) is 21.1 Å². The Kier molecular flexibility index (Phi) is 5.66. The Morgan fingerprint density at radius 3 is 2.67 bits per heavy atom. The summed E-state index contributed by atoms with van der Waals surface area (Å²) in [6.07, 6.45) is 3.06. The van der Waals surface area contributed by atoms with Gasteiger partial charge in [-0.25, -0.2) is 0 Å². The fourth-order valence-electron chi connectivity index (χ4n) is 2.66. The van der Waals surface area contributed by atoms with E-state index in [1.54, 1.807) is 43.5 Å².